The Morgan fingerprint density at radius 1 is 1.08 bits per heavy atom. The van der Waals surface area contributed by atoms with Crippen molar-refractivity contribution in [3.63, 3.8) is 0 Å². The summed E-state index contributed by atoms with van der Waals surface area (Å²) >= 11 is 0. The Bertz CT molecular complexity index is 924. The maximum Gasteiger partial charge on any atom is 0.241 e. The quantitative estimate of drug-likeness (QED) is 0.708. The van der Waals surface area contributed by atoms with Crippen molar-refractivity contribution in [1.82, 2.24) is 24.7 Å². The second-order valence-corrected chi connectivity index (χ2v) is 5.70. The maximum absolute atomic E-state index is 14.1. The van der Waals surface area contributed by atoms with Crippen molar-refractivity contribution in [1.29, 1.82) is 0 Å². The first-order valence-corrected chi connectivity index (χ1v) is 7.60. The molecule has 0 saturated carbocycles. The summed E-state index contributed by atoms with van der Waals surface area (Å²) in [5.74, 6) is 0.641. The maximum atomic E-state index is 14.1. The van der Waals surface area contributed by atoms with E-state index < -0.39 is 0 Å². The molecule has 1 amide bonds. The Hall–Kier alpha value is -3.03. The fraction of sp³-hybridized carbons (Fsp3) is 0.250. The highest BCUT2D eigenvalue weighted by atomic mass is 19.1. The Labute approximate surface area is 137 Å². The number of piperazine rings is 1. The molecule has 0 aliphatic carbocycles. The molecule has 3 heterocycles. The van der Waals surface area contributed by atoms with E-state index in [1.165, 1.54) is 10.6 Å². The zero-order valence-electron chi connectivity index (χ0n) is 13.1. The van der Waals surface area contributed by atoms with Gasteiger partial charge in [0, 0.05) is 20.1 Å². The third kappa shape index (κ3) is 2.36. The molecule has 0 atom stereocenters. The first-order chi connectivity index (χ1) is 11.6. The van der Waals surface area contributed by atoms with Gasteiger partial charge in [-0.3, -0.25) is 4.79 Å². The predicted octanol–water partition coefficient (Wildman–Crippen LogP) is 1.21. The topological polar surface area (TPSA) is 66.6 Å². The van der Waals surface area contributed by atoms with Crippen LogP contribution in [-0.2, 0) is 4.79 Å². The average molecular weight is 326 g/mol. The molecule has 1 fully saturated rings. The van der Waals surface area contributed by atoms with Gasteiger partial charge in [-0.1, -0.05) is 12.1 Å². The number of anilines is 1. The van der Waals surface area contributed by atoms with Crippen LogP contribution in [-0.4, -0.2) is 57.3 Å². The van der Waals surface area contributed by atoms with E-state index in [1.54, 1.807) is 42.3 Å². The fourth-order valence-corrected chi connectivity index (χ4v) is 2.71. The van der Waals surface area contributed by atoms with Gasteiger partial charge in [-0.05, 0) is 24.3 Å². The molecule has 1 aliphatic rings. The number of amides is 1. The van der Waals surface area contributed by atoms with Crippen LogP contribution in [0.3, 0.4) is 0 Å². The Morgan fingerprint density at radius 3 is 2.71 bits per heavy atom. The van der Waals surface area contributed by atoms with Crippen LogP contribution < -0.4 is 4.90 Å². The highest BCUT2D eigenvalue weighted by molar-refractivity contribution is 5.82. The number of carbonyl (C=O) groups is 1. The van der Waals surface area contributed by atoms with Crippen molar-refractivity contribution in [2.24, 2.45) is 0 Å². The van der Waals surface area contributed by atoms with Gasteiger partial charge in [-0.2, -0.15) is 4.52 Å². The van der Waals surface area contributed by atoms with Crippen LogP contribution in [0.4, 0.5) is 10.2 Å². The molecule has 0 unspecified atom stereocenters. The smallest absolute Gasteiger partial charge is 0.241 e. The minimum atomic E-state index is -0.381. The second-order valence-electron chi connectivity index (χ2n) is 5.70. The van der Waals surface area contributed by atoms with Crippen molar-refractivity contribution in [3.05, 3.63) is 42.2 Å². The summed E-state index contributed by atoms with van der Waals surface area (Å²) in [6.07, 6.45) is 0. The highest BCUT2D eigenvalue weighted by Gasteiger charge is 2.23. The molecular formula is C16H15FN6O. The van der Waals surface area contributed by atoms with E-state index in [9.17, 15) is 9.18 Å². The molecule has 3 aromatic rings. The largest absolute Gasteiger partial charge is 0.344 e. The second kappa shape index (κ2) is 5.55. The Morgan fingerprint density at radius 2 is 1.92 bits per heavy atom. The van der Waals surface area contributed by atoms with Gasteiger partial charge >= 0.3 is 0 Å². The molecule has 24 heavy (non-hydrogen) atoms. The number of benzene rings is 1. The van der Waals surface area contributed by atoms with Crippen molar-refractivity contribution in [3.8, 4) is 11.4 Å². The molecule has 1 saturated heterocycles. The van der Waals surface area contributed by atoms with E-state index in [0.29, 0.717) is 35.9 Å². The summed E-state index contributed by atoms with van der Waals surface area (Å²) in [4.78, 5) is 15.5. The van der Waals surface area contributed by atoms with Crippen LogP contribution >= 0.6 is 0 Å². The standard InChI is InChI=1S/C16H15FN6O/c1-21-8-9-22(10-15(21)24)14-7-6-13-18-19-16(23(13)20-14)11-4-2-3-5-12(11)17/h2-7H,8-10H2,1H3. The third-order valence-electron chi connectivity index (χ3n) is 4.14. The van der Waals surface area contributed by atoms with Crippen LogP contribution in [0.5, 0.6) is 0 Å². The van der Waals surface area contributed by atoms with E-state index in [4.69, 9.17) is 0 Å². The molecule has 0 radical (unpaired) electrons. The van der Waals surface area contributed by atoms with E-state index in [1.807, 2.05) is 4.90 Å². The lowest BCUT2D eigenvalue weighted by Gasteiger charge is -2.32. The molecule has 7 nitrogen and oxygen atoms in total. The molecule has 0 N–H and O–H groups in total. The van der Waals surface area contributed by atoms with Crippen molar-refractivity contribution < 1.29 is 9.18 Å². The number of rotatable bonds is 2. The molecule has 0 bridgehead atoms. The average Bonchev–Trinajstić information content (AvgIpc) is 3.01. The number of nitrogens with zero attached hydrogens (tertiary/aromatic N) is 6. The van der Waals surface area contributed by atoms with Crippen LogP contribution in [0, 0.1) is 5.82 Å². The lowest BCUT2D eigenvalue weighted by atomic mass is 10.2. The van der Waals surface area contributed by atoms with Gasteiger partial charge in [0.2, 0.25) is 5.91 Å². The van der Waals surface area contributed by atoms with E-state index in [-0.39, 0.29) is 18.3 Å². The number of aromatic nitrogens is 4. The van der Waals surface area contributed by atoms with Gasteiger partial charge in [0.1, 0.15) is 11.6 Å². The summed E-state index contributed by atoms with van der Waals surface area (Å²) in [7, 11) is 1.78. The van der Waals surface area contributed by atoms with Crippen LogP contribution in [0.15, 0.2) is 36.4 Å². The van der Waals surface area contributed by atoms with Crippen molar-refractivity contribution >= 4 is 17.4 Å². The monoisotopic (exact) mass is 326 g/mol. The minimum absolute atomic E-state index is 0.0428. The summed E-state index contributed by atoms with van der Waals surface area (Å²) in [6, 6.07) is 9.94. The van der Waals surface area contributed by atoms with Crippen molar-refractivity contribution in [2.45, 2.75) is 0 Å². The zero-order valence-corrected chi connectivity index (χ0v) is 13.1. The zero-order chi connectivity index (χ0) is 16.7. The number of likely N-dealkylation sites (N-methyl/N-ethyl adjacent to an activating group) is 1. The summed E-state index contributed by atoms with van der Waals surface area (Å²) in [5, 5.41) is 12.6. The van der Waals surface area contributed by atoms with Crippen LogP contribution in [0.25, 0.3) is 17.0 Å². The van der Waals surface area contributed by atoms with Crippen molar-refractivity contribution in [2.75, 3.05) is 31.6 Å². The van der Waals surface area contributed by atoms with Gasteiger partial charge in [0.15, 0.2) is 11.5 Å². The highest BCUT2D eigenvalue weighted by Crippen LogP contribution is 2.22. The lowest BCUT2D eigenvalue weighted by molar-refractivity contribution is -0.129. The third-order valence-corrected chi connectivity index (χ3v) is 4.14. The Kier molecular flexibility index (Phi) is 3.37. The van der Waals surface area contributed by atoms with Gasteiger partial charge in [0.05, 0.1) is 12.1 Å². The summed E-state index contributed by atoms with van der Waals surface area (Å²) in [6.45, 7) is 1.60. The summed E-state index contributed by atoms with van der Waals surface area (Å²) in [5.41, 5.74) is 0.863. The van der Waals surface area contributed by atoms with E-state index in [2.05, 4.69) is 15.3 Å². The number of halogens is 1. The molecule has 122 valence electrons. The molecular weight excluding hydrogens is 311 g/mol. The molecule has 4 rings (SSSR count). The predicted molar refractivity (Wildman–Crippen MR) is 86.0 cm³/mol. The molecule has 2 aromatic heterocycles. The molecule has 1 aliphatic heterocycles. The van der Waals surface area contributed by atoms with Gasteiger partial charge < -0.3 is 9.80 Å². The number of hydrogen-bond acceptors (Lipinski definition) is 5. The number of fused-ring (bicyclic) bond motifs is 1. The van der Waals surface area contributed by atoms with Gasteiger partial charge in [-0.15, -0.1) is 15.3 Å². The molecule has 8 heteroatoms. The first kappa shape index (κ1) is 14.6. The normalized spacial score (nSPS) is 15.3. The Balaban J connectivity index is 1.77. The molecule has 0 spiro atoms. The van der Waals surface area contributed by atoms with E-state index in [0.717, 1.165) is 0 Å². The van der Waals surface area contributed by atoms with E-state index >= 15 is 0 Å². The number of hydrogen-bond donors (Lipinski definition) is 0. The minimum Gasteiger partial charge on any atom is -0.344 e. The van der Waals surface area contributed by atoms with Crippen LogP contribution in [0.1, 0.15) is 0 Å². The number of carbonyl (C=O) groups excluding carboxylic acids is 1. The fourth-order valence-electron chi connectivity index (χ4n) is 2.71. The lowest BCUT2D eigenvalue weighted by Crippen LogP contribution is -2.48. The first-order valence-electron chi connectivity index (χ1n) is 7.60. The van der Waals surface area contributed by atoms with Gasteiger partial charge in [0.25, 0.3) is 0 Å². The molecule has 1 aromatic carbocycles. The SMILES string of the molecule is CN1CCN(c2ccc3nnc(-c4ccccc4F)n3n2)CC1=O. The van der Waals surface area contributed by atoms with Gasteiger partial charge in [-0.25, -0.2) is 4.39 Å². The van der Waals surface area contributed by atoms with Crippen LogP contribution in [0.2, 0.25) is 0 Å². The summed E-state index contributed by atoms with van der Waals surface area (Å²) < 4.78 is 15.6.